The van der Waals surface area contributed by atoms with Gasteiger partial charge in [-0.25, -0.2) is 0 Å². The Kier molecular flexibility index (Phi) is 3.65. The van der Waals surface area contributed by atoms with Crippen molar-refractivity contribution < 1.29 is 0 Å². The molecule has 82 valence electrons. The lowest BCUT2D eigenvalue weighted by molar-refractivity contribution is 0.448. The molecule has 0 amide bonds. The van der Waals surface area contributed by atoms with Crippen LogP contribution in [0.3, 0.4) is 0 Å². The quantitative estimate of drug-likeness (QED) is 0.851. The van der Waals surface area contributed by atoms with Crippen LogP contribution in [0, 0.1) is 0 Å². The Balaban J connectivity index is 1.95. The zero-order chi connectivity index (χ0) is 10.7. The molecule has 0 bridgehead atoms. The Morgan fingerprint density at radius 2 is 2.40 bits per heavy atom. The number of nitrogens with zero attached hydrogens (tertiary/aromatic N) is 1. The first-order valence-corrected chi connectivity index (χ1v) is 6.61. The molecule has 1 aromatic heterocycles. The lowest BCUT2D eigenvalue weighted by atomic mass is 10.1. The van der Waals surface area contributed by atoms with Gasteiger partial charge in [-0.3, -0.25) is 4.98 Å². The molecule has 1 saturated heterocycles. The fraction of sp³-hybridized carbons (Fsp3) is 0.583. The van der Waals surface area contributed by atoms with E-state index in [1.54, 1.807) is 0 Å². The molecular formula is C12H18N2S. The molecule has 2 heterocycles. The van der Waals surface area contributed by atoms with Gasteiger partial charge in [-0.05, 0) is 31.2 Å². The van der Waals surface area contributed by atoms with Crippen molar-refractivity contribution in [3.8, 4) is 0 Å². The van der Waals surface area contributed by atoms with Crippen molar-refractivity contribution in [1.82, 2.24) is 10.3 Å². The van der Waals surface area contributed by atoms with Crippen LogP contribution in [-0.4, -0.2) is 22.0 Å². The zero-order valence-electron chi connectivity index (χ0n) is 9.31. The van der Waals surface area contributed by atoms with Gasteiger partial charge in [0.25, 0.3) is 0 Å². The van der Waals surface area contributed by atoms with Gasteiger partial charge in [-0.2, -0.15) is 11.8 Å². The number of hydrogen-bond acceptors (Lipinski definition) is 3. The summed E-state index contributed by atoms with van der Waals surface area (Å²) >= 11 is 2.06. The largest absolute Gasteiger partial charge is 0.305 e. The maximum absolute atomic E-state index is 4.38. The molecule has 0 aromatic carbocycles. The summed E-state index contributed by atoms with van der Waals surface area (Å²) in [4.78, 5) is 4.38. The summed E-state index contributed by atoms with van der Waals surface area (Å²) in [5.74, 6) is 1.29. The van der Waals surface area contributed by atoms with Crippen molar-refractivity contribution in [2.45, 2.75) is 37.6 Å². The Labute approximate surface area is 95.9 Å². The number of aromatic nitrogens is 1. The van der Waals surface area contributed by atoms with E-state index in [1.165, 1.54) is 12.2 Å². The summed E-state index contributed by atoms with van der Waals surface area (Å²) in [5.41, 5.74) is 1.14. The topological polar surface area (TPSA) is 24.9 Å². The predicted molar refractivity (Wildman–Crippen MR) is 66.1 cm³/mol. The van der Waals surface area contributed by atoms with Gasteiger partial charge in [0.05, 0.1) is 5.69 Å². The molecule has 3 atom stereocenters. The lowest BCUT2D eigenvalue weighted by Gasteiger charge is -2.21. The Morgan fingerprint density at radius 1 is 1.53 bits per heavy atom. The molecule has 1 aromatic rings. The van der Waals surface area contributed by atoms with Crippen LogP contribution in [0.4, 0.5) is 0 Å². The third-order valence-corrected chi connectivity index (χ3v) is 4.30. The molecular weight excluding hydrogens is 204 g/mol. The van der Waals surface area contributed by atoms with E-state index in [0.717, 1.165) is 10.9 Å². The zero-order valence-corrected chi connectivity index (χ0v) is 10.1. The standard InChI is InChI=1S/C12H18N2S/c1-9(11-5-3-4-7-13-11)14-12-6-8-15-10(12)2/h3-5,7,9-10,12,14H,6,8H2,1-2H3. The van der Waals surface area contributed by atoms with E-state index in [2.05, 4.69) is 42.0 Å². The summed E-state index contributed by atoms with van der Waals surface area (Å²) in [5, 5.41) is 4.39. The van der Waals surface area contributed by atoms with Crippen LogP contribution in [0.25, 0.3) is 0 Å². The molecule has 2 rings (SSSR count). The minimum Gasteiger partial charge on any atom is -0.305 e. The van der Waals surface area contributed by atoms with Gasteiger partial charge in [0.2, 0.25) is 0 Å². The Morgan fingerprint density at radius 3 is 3.00 bits per heavy atom. The van der Waals surface area contributed by atoms with Crippen LogP contribution in [0.15, 0.2) is 24.4 Å². The minimum absolute atomic E-state index is 0.359. The van der Waals surface area contributed by atoms with Gasteiger partial charge < -0.3 is 5.32 Å². The van der Waals surface area contributed by atoms with Crippen molar-refractivity contribution in [2.75, 3.05) is 5.75 Å². The van der Waals surface area contributed by atoms with Gasteiger partial charge in [0.15, 0.2) is 0 Å². The van der Waals surface area contributed by atoms with Gasteiger partial charge in [-0.15, -0.1) is 0 Å². The summed E-state index contributed by atoms with van der Waals surface area (Å²) in [6, 6.07) is 7.10. The van der Waals surface area contributed by atoms with Crippen LogP contribution in [0.5, 0.6) is 0 Å². The highest BCUT2D eigenvalue weighted by Crippen LogP contribution is 2.27. The molecule has 1 aliphatic heterocycles. The fourth-order valence-electron chi connectivity index (χ4n) is 1.99. The molecule has 1 N–H and O–H groups in total. The highest BCUT2D eigenvalue weighted by atomic mass is 32.2. The Bertz CT molecular complexity index is 302. The van der Waals surface area contributed by atoms with Crippen molar-refractivity contribution in [1.29, 1.82) is 0 Å². The van der Waals surface area contributed by atoms with E-state index in [4.69, 9.17) is 0 Å². The first-order valence-electron chi connectivity index (χ1n) is 5.56. The first kappa shape index (κ1) is 11.0. The maximum Gasteiger partial charge on any atom is 0.0570 e. The maximum atomic E-state index is 4.38. The van der Waals surface area contributed by atoms with Crippen LogP contribution >= 0.6 is 11.8 Å². The van der Waals surface area contributed by atoms with Gasteiger partial charge in [0.1, 0.15) is 0 Å². The fourth-order valence-corrected chi connectivity index (χ4v) is 3.20. The highest BCUT2D eigenvalue weighted by Gasteiger charge is 2.25. The molecule has 15 heavy (non-hydrogen) atoms. The minimum atomic E-state index is 0.359. The molecule has 1 fully saturated rings. The second kappa shape index (κ2) is 4.99. The summed E-state index contributed by atoms with van der Waals surface area (Å²) in [6.07, 6.45) is 3.14. The van der Waals surface area contributed by atoms with Crippen LogP contribution < -0.4 is 5.32 Å². The monoisotopic (exact) mass is 222 g/mol. The van der Waals surface area contributed by atoms with E-state index < -0.39 is 0 Å². The predicted octanol–water partition coefficient (Wildman–Crippen LogP) is 2.63. The third kappa shape index (κ3) is 2.73. The smallest absolute Gasteiger partial charge is 0.0570 e. The van der Waals surface area contributed by atoms with E-state index in [1.807, 2.05) is 18.3 Å². The summed E-state index contributed by atoms with van der Waals surface area (Å²) in [6.45, 7) is 4.50. The van der Waals surface area contributed by atoms with Crippen LogP contribution in [0.1, 0.15) is 32.0 Å². The second-order valence-corrected chi connectivity index (χ2v) is 5.60. The molecule has 1 aliphatic rings. The van der Waals surface area contributed by atoms with Crippen molar-refractivity contribution >= 4 is 11.8 Å². The van der Waals surface area contributed by atoms with Crippen molar-refractivity contribution in [2.24, 2.45) is 0 Å². The molecule has 3 unspecified atom stereocenters. The van der Waals surface area contributed by atoms with Gasteiger partial charge in [-0.1, -0.05) is 13.0 Å². The lowest BCUT2D eigenvalue weighted by Crippen LogP contribution is -2.35. The Hall–Kier alpha value is -0.540. The summed E-state index contributed by atoms with van der Waals surface area (Å²) in [7, 11) is 0. The average Bonchev–Trinajstić information content (AvgIpc) is 2.66. The third-order valence-electron chi connectivity index (χ3n) is 2.97. The second-order valence-electron chi connectivity index (χ2n) is 4.11. The van der Waals surface area contributed by atoms with Crippen molar-refractivity contribution in [3.05, 3.63) is 30.1 Å². The number of hydrogen-bond donors (Lipinski definition) is 1. The highest BCUT2D eigenvalue weighted by molar-refractivity contribution is 8.00. The number of thioether (sulfide) groups is 1. The van der Waals surface area contributed by atoms with Crippen LogP contribution in [0.2, 0.25) is 0 Å². The number of rotatable bonds is 3. The van der Waals surface area contributed by atoms with E-state index in [9.17, 15) is 0 Å². The molecule has 0 radical (unpaired) electrons. The van der Waals surface area contributed by atoms with E-state index in [-0.39, 0.29) is 0 Å². The molecule has 0 saturated carbocycles. The molecule has 0 spiro atoms. The number of nitrogens with one attached hydrogen (secondary N) is 1. The van der Waals surface area contributed by atoms with Gasteiger partial charge >= 0.3 is 0 Å². The van der Waals surface area contributed by atoms with Crippen molar-refractivity contribution in [3.63, 3.8) is 0 Å². The van der Waals surface area contributed by atoms with E-state index >= 15 is 0 Å². The SMILES string of the molecule is CC(NC1CCSC1C)c1ccccn1. The van der Waals surface area contributed by atoms with Crippen LogP contribution in [-0.2, 0) is 0 Å². The normalized spacial score (nSPS) is 27.9. The number of pyridine rings is 1. The molecule has 2 nitrogen and oxygen atoms in total. The molecule has 3 heteroatoms. The van der Waals surface area contributed by atoms with E-state index in [0.29, 0.717) is 12.1 Å². The average molecular weight is 222 g/mol. The first-order chi connectivity index (χ1) is 7.27. The van der Waals surface area contributed by atoms with Gasteiger partial charge in [0, 0.05) is 23.5 Å². The molecule has 0 aliphatic carbocycles. The summed E-state index contributed by atoms with van der Waals surface area (Å²) < 4.78 is 0.